The van der Waals surface area contributed by atoms with Crippen molar-refractivity contribution in [3.8, 4) is 0 Å². The summed E-state index contributed by atoms with van der Waals surface area (Å²) in [5, 5.41) is 11.8. The lowest BCUT2D eigenvalue weighted by atomic mass is 10.2. The van der Waals surface area contributed by atoms with Crippen molar-refractivity contribution in [3.63, 3.8) is 0 Å². The van der Waals surface area contributed by atoms with Gasteiger partial charge in [-0.15, -0.1) is 0 Å². The first-order valence-corrected chi connectivity index (χ1v) is 8.63. The van der Waals surface area contributed by atoms with Gasteiger partial charge in [0.2, 0.25) is 5.95 Å². The number of nitrogens with zero attached hydrogens (tertiary/aromatic N) is 2. The van der Waals surface area contributed by atoms with Crippen LogP contribution in [0.2, 0.25) is 0 Å². The molecule has 26 heavy (non-hydrogen) atoms. The first-order valence-electron chi connectivity index (χ1n) is 8.63. The number of aromatic nitrogens is 2. The summed E-state index contributed by atoms with van der Waals surface area (Å²) >= 11 is 0. The predicted molar refractivity (Wildman–Crippen MR) is 99.2 cm³/mol. The Morgan fingerprint density at radius 3 is 2.65 bits per heavy atom. The Morgan fingerprint density at radius 1 is 1.27 bits per heavy atom. The molecule has 1 aromatic carbocycles. The van der Waals surface area contributed by atoms with Crippen LogP contribution in [0.4, 0.5) is 10.7 Å². The van der Waals surface area contributed by atoms with Gasteiger partial charge in [-0.1, -0.05) is 0 Å². The second kappa shape index (κ2) is 8.07. The van der Waals surface area contributed by atoms with Crippen molar-refractivity contribution in [3.05, 3.63) is 23.8 Å². The molecule has 4 N–H and O–H groups in total. The zero-order chi connectivity index (χ0) is 19.3. The number of hydrogen-bond donors (Lipinski definition) is 3. The molecule has 0 radical (unpaired) electrons. The van der Waals surface area contributed by atoms with Crippen molar-refractivity contribution in [2.24, 2.45) is 0 Å². The lowest BCUT2D eigenvalue weighted by molar-refractivity contribution is 0.0526. The van der Waals surface area contributed by atoms with Crippen LogP contribution in [-0.4, -0.2) is 38.9 Å². The molecule has 1 aromatic heterocycles. The number of aromatic carboxylic acids is 1. The number of aryl methyl sites for hydroxylation is 1. The molecule has 0 aliphatic rings. The molecule has 1 heterocycles. The van der Waals surface area contributed by atoms with E-state index in [1.54, 1.807) is 12.1 Å². The van der Waals surface area contributed by atoms with Gasteiger partial charge < -0.3 is 25.5 Å². The van der Waals surface area contributed by atoms with Crippen molar-refractivity contribution in [1.82, 2.24) is 14.9 Å². The molecule has 0 spiro atoms. The quantitative estimate of drug-likeness (QED) is 0.651. The Labute approximate surface area is 152 Å². The van der Waals surface area contributed by atoms with E-state index in [-0.39, 0.29) is 5.56 Å². The number of alkyl carbamates (subject to hydrolysis) is 1. The Balaban J connectivity index is 1.83. The Hall–Kier alpha value is -2.77. The van der Waals surface area contributed by atoms with Crippen LogP contribution in [0.15, 0.2) is 18.2 Å². The maximum atomic E-state index is 11.5. The van der Waals surface area contributed by atoms with E-state index in [1.165, 1.54) is 6.07 Å². The molecule has 0 atom stereocenters. The number of fused-ring (bicyclic) bond motifs is 1. The normalized spacial score (nSPS) is 11.5. The van der Waals surface area contributed by atoms with Crippen LogP contribution in [0.3, 0.4) is 0 Å². The number of ether oxygens (including phenoxy) is 1. The molecule has 8 heteroatoms. The molecule has 0 bridgehead atoms. The number of anilines is 1. The van der Waals surface area contributed by atoms with Crippen molar-refractivity contribution >= 4 is 29.0 Å². The number of nitrogen functional groups attached to an aromatic ring is 1. The molecule has 0 saturated carbocycles. The summed E-state index contributed by atoms with van der Waals surface area (Å²) in [6.45, 7) is 6.64. The molecule has 0 aliphatic heterocycles. The minimum absolute atomic E-state index is 0.209. The third-order valence-electron chi connectivity index (χ3n) is 3.75. The van der Waals surface area contributed by atoms with E-state index in [4.69, 9.17) is 15.6 Å². The van der Waals surface area contributed by atoms with Gasteiger partial charge in [-0.25, -0.2) is 14.6 Å². The molecule has 0 saturated heterocycles. The molecular formula is C18H26N4O4. The highest BCUT2D eigenvalue weighted by Crippen LogP contribution is 2.20. The third-order valence-corrected chi connectivity index (χ3v) is 3.75. The van der Waals surface area contributed by atoms with Gasteiger partial charge in [-0.05, 0) is 58.2 Å². The SMILES string of the molecule is CC(C)(C)OC(=O)NCCCCCn1c(N)nc2ccc(C(=O)O)cc21. The first-order chi connectivity index (χ1) is 12.2. The number of carboxylic acid groups (broad SMARTS) is 1. The van der Waals surface area contributed by atoms with Crippen molar-refractivity contribution in [1.29, 1.82) is 0 Å². The molecule has 0 aliphatic carbocycles. The number of nitrogens with two attached hydrogens (primary N) is 1. The number of unbranched alkanes of at least 4 members (excludes halogenated alkanes) is 2. The number of carbonyl (C=O) groups excluding carboxylic acids is 1. The number of rotatable bonds is 7. The van der Waals surface area contributed by atoms with Gasteiger partial charge in [0.25, 0.3) is 0 Å². The van der Waals surface area contributed by atoms with Crippen LogP contribution in [0.5, 0.6) is 0 Å². The summed E-state index contributed by atoms with van der Waals surface area (Å²) in [5.74, 6) is -0.610. The number of carboxylic acids is 1. The summed E-state index contributed by atoms with van der Waals surface area (Å²) in [6.07, 6.45) is 2.12. The maximum Gasteiger partial charge on any atom is 0.407 e. The molecule has 8 nitrogen and oxygen atoms in total. The summed E-state index contributed by atoms with van der Waals surface area (Å²) < 4.78 is 6.99. The summed E-state index contributed by atoms with van der Waals surface area (Å²) in [5.41, 5.74) is 7.05. The van der Waals surface area contributed by atoms with Gasteiger partial charge >= 0.3 is 12.1 Å². The van der Waals surface area contributed by atoms with Gasteiger partial charge in [0.15, 0.2) is 0 Å². The van der Waals surface area contributed by atoms with Gasteiger partial charge in [0.1, 0.15) is 5.60 Å². The number of carbonyl (C=O) groups is 2. The molecule has 142 valence electrons. The highest BCUT2D eigenvalue weighted by molar-refractivity contribution is 5.93. The van der Waals surface area contributed by atoms with Gasteiger partial charge in [0.05, 0.1) is 16.6 Å². The van der Waals surface area contributed by atoms with Crippen molar-refractivity contribution in [2.45, 2.75) is 52.2 Å². The van der Waals surface area contributed by atoms with E-state index in [0.717, 1.165) is 19.3 Å². The monoisotopic (exact) mass is 362 g/mol. The second-order valence-corrected chi connectivity index (χ2v) is 7.12. The third kappa shape index (κ3) is 5.37. The van der Waals surface area contributed by atoms with E-state index >= 15 is 0 Å². The molecular weight excluding hydrogens is 336 g/mol. The smallest absolute Gasteiger partial charge is 0.407 e. The topological polar surface area (TPSA) is 119 Å². The van der Waals surface area contributed by atoms with Crippen LogP contribution in [0.1, 0.15) is 50.4 Å². The van der Waals surface area contributed by atoms with E-state index in [0.29, 0.717) is 30.1 Å². The summed E-state index contributed by atoms with van der Waals surface area (Å²) in [6, 6.07) is 4.77. The zero-order valence-corrected chi connectivity index (χ0v) is 15.4. The van der Waals surface area contributed by atoms with E-state index in [2.05, 4.69) is 10.3 Å². The highest BCUT2D eigenvalue weighted by atomic mass is 16.6. The average molecular weight is 362 g/mol. The lowest BCUT2D eigenvalue weighted by Gasteiger charge is -2.19. The fourth-order valence-corrected chi connectivity index (χ4v) is 2.59. The molecule has 2 rings (SSSR count). The minimum atomic E-state index is -0.980. The minimum Gasteiger partial charge on any atom is -0.478 e. The number of benzene rings is 1. The molecule has 1 amide bonds. The standard InChI is InChI=1S/C18H26N4O4/c1-18(2,3)26-17(25)20-9-5-4-6-10-22-14-11-12(15(23)24)7-8-13(14)21-16(22)19/h7-8,11H,4-6,9-10H2,1-3H3,(H2,19,21)(H,20,25)(H,23,24). The summed E-state index contributed by atoms with van der Waals surface area (Å²) in [7, 11) is 0. The Bertz CT molecular complexity index is 792. The van der Waals surface area contributed by atoms with E-state index < -0.39 is 17.7 Å². The zero-order valence-electron chi connectivity index (χ0n) is 15.4. The van der Waals surface area contributed by atoms with Gasteiger partial charge in [-0.3, -0.25) is 0 Å². The Kier molecular flexibility index (Phi) is 6.07. The number of nitrogens with one attached hydrogen (secondary N) is 1. The van der Waals surface area contributed by atoms with Crippen molar-refractivity contribution in [2.75, 3.05) is 12.3 Å². The fourth-order valence-electron chi connectivity index (χ4n) is 2.59. The van der Waals surface area contributed by atoms with Crippen molar-refractivity contribution < 1.29 is 19.4 Å². The number of hydrogen-bond acceptors (Lipinski definition) is 5. The van der Waals surface area contributed by atoms with Gasteiger partial charge in [-0.2, -0.15) is 0 Å². The molecule has 0 unspecified atom stereocenters. The first kappa shape index (κ1) is 19.6. The molecule has 0 fully saturated rings. The average Bonchev–Trinajstić information content (AvgIpc) is 2.83. The van der Waals surface area contributed by atoms with Gasteiger partial charge in [0, 0.05) is 13.1 Å². The predicted octanol–water partition coefficient (Wildman–Crippen LogP) is 3.01. The largest absolute Gasteiger partial charge is 0.478 e. The molecule has 2 aromatic rings. The summed E-state index contributed by atoms with van der Waals surface area (Å²) in [4.78, 5) is 26.9. The highest BCUT2D eigenvalue weighted by Gasteiger charge is 2.15. The number of amides is 1. The fraction of sp³-hybridized carbons (Fsp3) is 0.500. The van der Waals surface area contributed by atoms with Crippen LogP contribution >= 0.6 is 0 Å². The number of imidazole rings is 1. The van der Waals surface area contributed by atoms with Crippen LogP contribution in [0.25, 0.3) is 11.0 Å². The van der Waals surface area contributed by atoms with Crippen LogP contribution < -0.4 is 11.1 Å². The second-order valence-electron chi connectivity index (χ2n) is 7.12. The lowest BCUT2D eigenvalue weighted by Crippen LogP contribution is -2.33. The van der Waals surface area contributed by atoms with Crippen LogP contribution in [-0.2, 0) is 11.3 Å². The Morgan fingerprint density at radius 2 is 2.00 bits per heavy atom. The maximum absolute atomic E-state index is 11.5. The van der Waals surface area contributed by atoms with Crippen LogP contribution in [0, 0.1) is 0 Å². The van der Waals surface area contributed by atoms with E-state index in [1.807, 2.05) is 25.3 Å². The van der Waals surface area contributed by atoms with E-state index in [9.17, 15) is 9.59 Å².